The minimum absolute atomic E-state index is 0.582. The van der Waals surface area contributed by atoms with Gasteiger partial charge in [-0.15, -0.1) is 11.3 Å². The van der Waals surface area contributed by atoms with E-state index in [4.69, 9.17) is 5.41 Å². The Morgan fingerprint density at radius 2 is 1.22 bits per heavy atom. The van der Waals surface area contributed by atoms with Crippen LogP contribution >= 0.6 is 11.3 Å². The summed E-state index contributed by atoms with van der Waals surface area (Å²) in [5.41, 5.74) is 8.54. The number of thiophene rings is 1. The monoisotopic (exact) mass is 651 g/mol. The van der Waals surface area contributed by atoms with Crippen molar-refractivity contribution in [1.29, 1.82) is 5.41 Å². The highest BCUT2D eigenvalue weighted by atomic mass is 32.1. The average molecular weight is 652 g/mol. The van der Waals surface area contributed by atoms with E-state index in [1.165, 1.54) is 58.8 Å². The van der Waals surface area contributed by atoms with Gasteiger partial charge in [0.1, 0.15) is 0 Å². The van der Waals surface area contributed by atoms with Crippen molar-refractivity contribution in [3.63, 3.8) is 0 Å². The molecule has 0 aliphatic rings. The lowest BCUT2D eigenvalue weighted by Crippen LogP contribution is -1.97. The lowest BCUT2D eigenvalue weighted by molar-refractivity contribution is 1.06. The molecule has 7 aromatic carbocycles. The Morgan fingerprint density at radius 1 is 0.592 bits per heavy atom. The van der Waals surface area contributed by atoms with Crippen molar-refractivity contribution in [3.8, 4) is 22.3 Å². The first-order chi connectivity index (χ1) is 24.2. The van der Waals surface area contributed by atoms with Crippen LogP contribution in [0.2, 0.25) is 0 Å². The first-order valence-corrected chi connectivity index (χ1v) is 17.0. The van der Waals surface area contributed by atoms with Crippen LogP contribution in [0.15, 0.2) is 174 Å². The van der Waals surface area contributed by atoms with Crippen molar-refractivity contribution in [2.24, 2.45) is 9.98 Å². The number of benzene rings is 7. The quantitative estimate of drug-likeness (QED) is 0.142. The van der Waals surface area contributed by atoms with E-state index < -0.39 is 0 Å². The number of amidine groups is 1. The maximum atomic E-state index is 5.50. The molecular weight excluding hydrogens is 615 g/mol. The van der Waals surface area contributed by atoms with E-state index in [0.29, 0.717) is 12.4 Å². The predicted molar refractivity (Wildman–Crippen MR) is 215 cm³/mol. The van der Waals surface area contributed by atoms with Crippen LogP contribution in [0.3, 0.4) is 0 Å². The zero-order valence-corrected chi connectivity index (χ0v) is 28.3. The van der Waals surface area contributed by atoms with Crippen LogP contribution in [0.25, 0.3) is 53.2 Å². The van der Waals surface area contributed by atoms with Crippen LogP contribution in [0, 0.1) is 12.3 Å². The highest BCUT2D eigenvalue weighted by Crippen LogP contribution is 2.39. The second-order valence-corrected chi connectivity index (χ2v) is 12.6. The first-order valence-electron chi connectivity index (χ1n) is 16.1. The van der Waals surface area contributed by atoms with E-state index in [9.17, 15) is 0 Å². The molecule has 0 fully saturated rings. The maximum Gasteiger partial charge on any atom is 0.154 e. The number of fused-ring (bicyclic) bond motifs is 4. The summed E-state index contributed by atoms with van der Waals surface area (Å²) in [7, 11) is 0. The number of aliphatic imine (C=N–C) groups is 2. The Bertz CT molecular complexity index is 2360. The van der Waals surface area contributed by atoms with E-state index in [2.05, 4.69) is 164 Å². The van der Waals surface area contributed by atoms with Crippen LogP contribution in [0.5, 0.6) is 0 Å². The summed E-state index contributed by atoms with van der Waals surface area (Å²) in [5, 5.41) is 10.8. The van der Waals surface area contributed by atoms with E-state index in [1.54, 1.807) is 0 Å². The third-order valence-corrected chi connectivity index (χ3v) is 9.52. The molecule has 0 spiro atoms. The molecule has 0 atom stereocenters. The summed E-state index contributed by atoms with van der Waals surface area (Å²) >= 11 is 1.87. The van der Waals surface area contributed by atoms with Crippen LogP contribution in [0.1, 0.15) is 16.7 Å². The summed E-state index contributed by atoms with van der Waals surface area (Å²) in [4.78, 5) is 8.70. The zero-order valence-electron chi connectivity index (χ0n) is 27.5. The second-order valence-electron chi connectivity index (χ2n) is 11.5. The molecule has 8 rings (SSSR count). The molecule has 8 aromatic rings. The summed E-state index contributed by atoms with van der Waals surface area (Å²) in [6.07, 6.45) is 0. The topological polar surface area (TPSA) is 48.6 Å². The minimum Gasteiger partial charge on any atom is -0.317 e. The highest BCUT2D eigenvalue weighted by Gasteiger charge is 2.10. The average Bonchev–Trinajstić information content (AvgIpc) is 3.56. The van der Waals surface area contributed by atoms with Gasteiger partial charge in [-0.1, -0.05) is 157 Å². The van der Waals surface area contributed by atoms with Crippen molar-refractivity contribution >= 4 is 61.6 Å². The van der Waals surface area contributed by atoms with Crippen LogP contribution in [0.4, 0.5) is 0 Å². The lowest BCUT2D eigenvalue weighted by Gasteiger charge is -2.08. The van der Waals surface area contributed by atoms with Gasteiger partial charge < -0.3 is 5.41 Å². The van der Waals surface area contributed by atoms with Gasteiger partial charge in [0.05, 0.1) is 6.54 Å². The fourth-order valence-electron chi connectivity index (χ4n) is 6.08. The molecule has 0 unspecified atom stereocenters. The molecule has 0 saturated carbocycles. The molecule has 1 heterocycles. The SMILES string of the molecule is C=N.C=NC(=NCc1ccc(-c2cccc3ccccc23)cc1)c1ccccc1.Cc1cccc(-c2cccc3sc4ccccc4c23)c1. The molecule has 49 heavy (non-hydrogen) atoms. The molecule has 1 aromatic heterocycles. The molecule has 0 bridgehead atoms. The van der Waals surface area contributed by atoms with E-state index >= 15 is 0 Å². The van der Waals surface area contributed by atoms with Gasteiger partial charge in [0.15, 0.2) is 5.84 Å². The Morgan fingerprint density at radius 3 is 2.00 bits per heavy atom. The van der Waals surface area contributed by atoms with Gasteiger partial charge in [0.25, 0.3) is 0 Å². The minimum atomic E-state index is 0.582. The Labute approximate surface area is 292 Å². The third-order valence-electron chi connectivity index (χ3n) is 8.38. The summed E-state index contributed by atoms with van der Waals surface area (Å²) < 4.78 is 2.73. The number of rotatable bonds is 5. The van der Waals surface area contributed by atoms with Gasteiger partial charge in [-0.2, -0.15) is 0 Å². The maximum absolute atomic E-state index is 5.50. The number of nitrogens with zero attached hydrogens (tertiary/aromatic N) is 2. The molecular formula is C45H37N3S. The molecule has 0 radical (unpaired) electrons. The molecule has 1 N–H and O–H groups in total. The number of hydrogen-bond donors (Lipinski definition) is 1. The van der Waals surface area contributed by atoms with Crippen LogP contribution in [-0.2, 0) is 6.54 Å². The fraction of sp³-hybridized carbons (Fsp3) is 0.0444. The number of aryl methyl sites for hydroxylation is 1. The van der Waals surface area contributed by atoms with Gasteiger partial charge in [-0.3, -0.25) is 4.99 Å². The van der Waals surface area contributed by atoms with Gasteiger partial charge in [0.2, 0.25) is 0 Å². The van der Waals surface area contributed by atoms with Crippen molar-refractivity contribution in [2.45, 2.75) is 13.5 Å². The smallest absolute Gasteiger partial charge is 0.154 e. The second kappa shape index (κ2) is 15.7. The zero-order chi connectivity index (χ0) is 34.0. The molecule has 4 heteroatoms. The normalized spacial score (nSPS) is 11.0. The number of hydrogen-bond acceptors (Lipinski definition) is 3. The van der Waals surface area contributed by atoms with Gasteiger partial charge in [-0.25, -0.2) is 4.99 Å². The summed E-state index contributed by atoms with van der Waals surface area (Å²) in [5.74, 6) is 0.675. The van der Waals surface area contributed by atoms with Crippen molar-refractivity contribution in [1.82, 2.24) is 0 Å². The lowest BCUT2D eigenvalue weighted by atomic mass is 9.97. The molecule has 238 valence electrons. The van der Waals surface area contributed by atoms with Gasteiger partial charge in [-0.05, 0) is 71.1 Å². The van der Waals surface area contributed by atoms with E-state index in [0.717, 1.165) is 11.1 Å². The van der Waals surface area contributed by atoms with Gasteiger partial charge in [0, 0.05) is 25.7 Å². The predicted octanol–water partition coefficient (Wildman–Crippen LogP) is 12.4. The fourth-order valence-corrected chi connectivity index (χ4v) is 7.21. The molecule has 0 amide bonds. The molecule has 0 saturated heterocycles. The van der Waals surface area contributed by atoms with Gasteiger partial charge >= 0.3 is 0 Å². The largest absolute Gasteiger partial charge is 0.317 e. The van der Waals surface area contributed by atoms with Crippen LogP contribution in [-0.4, -0.2) is 19.3 Å². The molecule has 0 aliphatic heterocycles. The Hall–Kier alpha value is -5.97. The standard InChI is InChI=1S/C25H20N2.C19H14S.CH3N/c1-26-25(22-9-3-2-4-10-22)27-18-19-14-16-21(17-15-19)24-13-7-11-20-8-5-6-12-23(20)24;1-13-6-4-7-14(12-13)15-9-5-11-18-19(15)16-8-2-3-10-17(16)20-18;1-2/h2-17H,1,18H2;2-12H,1H3;2H,1H2. The Balaban J connectivity index is 0.000000168. The summed E-state index contributed by atoms with van der Waals surface area (Å²) in [6, 6.07) is 57.5. The van der Waals surface area contributed by atoms with E-state index in [1.807, 2.05) is 41.7 Å². The van der Waals surface area contributed by atoms with Crippen molar-refractivity contribution < 1.29 is 0 Å². The number of nitrogens with one attached hydrogen (secondary N) is 1. The summed E-state index contributed by atoms with van der Waals surface area (Å²) in [6.45, 7) is 8.88. The van der Waals surface area contributed by atoms with E-state index in [-0.39, 0.29) is 0 Å². The third kappa shape index (κ3) is 7.46. The van der Waals surface area contributed by atoms with Crippen molar-refractivity contribution in [2.75, 3.05) is 0 Å². The first kappa shape index (κ1) is 33.0. The molecule has 0 aliphatic carbocycles. The highest BCUT2D eigenvalue weighted by molar-refractivity contribution is 7.25. The van der Waals surface area contributed by atoms with Crippen LogP contribution < -0.4 is 0 Å². The van der Waals surface area contributed by atoms with Crippen molar-refractivity contribution in [3.05, 3.63) is 180 Å². The Kier molecular flexibility index (Phi) is 10.6. The molecule has 3 nitrogen and oxygen atoms in total.